The second-order valence-corrected chi connectivity index (χ2v) is 4.85. The predicted molar refractivity (Wildman–Crippen MR) is 66.9 cm³/mol. The van der Waals surface area contributed by atoms with Crippen molar-refractivity contribution in [2.24, 2.45) is 0 Å². The molecule has 0 spiro atoms. The fourth-order valence-corrected chi connectivity index (χ4v) is 1.99. The smallest absolute Gasteiger partial charge is 0.288 e. The van der Waals surface area contributed by atoms with Gasteiger partial charge in [-0.3, -0.25) is 4.79 Å². The first-order valence-corrected chi connectivity index (χ1v) is 6.27. The van der Waals surface area contributed by atoms with Gasteiger partial charge in [-0.2, -0.15) is 8.78 Å². The normalized spacial score (nSPS) is 12.6. The lowest BCUT2D eigenvalue weighted by atomic mass is 10.2. The molecular formula is C12H15F2NO2S. The number of rotatable bonds is 5. The highest BCUT2D eigenvalue weighted by molar-refractivity contribution is 7.99. The van der Waals surface area contributed by atoms with Crippen molar-refractivity contribution >= 4 is 17.7 Å². The molecule has 0 saturated heterocycles. The summed E-state index contributed by atoms with van der Waals surface area (Å²) in [6.45, 7) is 1.51. The van der Waals surface area contributed by atoms with Gasteiger partial charge < -0.3 is 10.0 Å². The number of alkyl halides is 2. The van der Waals surface area contributed by atoms with Gasteiger partial charge in [0.25, 0.3) is 11.7 Å². The van der Waals surface area contributed by atoms with Gasteiger partial charge in [-0.1, -0.05) is 23.9 Å². The molecule has 0 fully saturated rings. The molecule has 0 radical (unpaired) electrons. The van der Waals surface area contributed by atoms with Crippen molar-refractivity contribution in [2.75, 3.05) is 13.7 Å². The molecule has 1 rings (SSSR count). The molecule has 1 N–H and O–H groups in total. The number of likely N-dealkylation sites (N-methyl/N-ethyl adjacent to an activating group) is 1. The van der Waals surface area contributed by atoms with Gasteiger partial charge in [0, 0.05) is 11.9 Å². The van der Waals surface area contributed by atoms with Gasteiger partial charge in [0.15, 0.2) is 0 Å². The highest BCUT2D eigenvalue weighted by Crippen LogP contribution is 2.29. The van der Waals surface area contributed by atoms with E-state index in [1.807, 2.05) is 0 Å². The van der Waals surface area contributed by atoms with Gasteiger partial charge in [-0.25, -0.2) is 0 Å². The van der Waals surface area contributed by atoms with Crippen LogP contribution in [0.2, 0.25) is 0 Å². The monoisotopic (exact) mass is 275 g/mol. The number of hydrogen-bond donors (Lipinski definition) is 1. The summed E-state index contributed by atoms with van der Waals surface area (Å²) in [6.07, 6.45) is 0. The lowest BCUT2D eigenvalue weighted by Gasteiger charge is -2.24. The Hall–Kier alpha value is -1.14. The zero-order valence-electron chi connectivity index (χ0n) is 10.1. The van der Waals surface area contributed by atoms with Crippen LogP contribution in [0.3, 0.4) is 0 Å². The van der Waals surface area contributed by atoms with Crippen molar-refractivity contribution in [1.29, 1.82) is 0 Å². The third-order valence-electron chi connectivity index (χ3n) is 2.58. The number of carbonyl (C=O) groups is 1. The summed E-state index contributed by atoms with van der Waals surface area (Å²) in [5.41, 5.74) is 0.227. The molecule has 0 aromatic heterocycles. The molecule has 18 heavy (non-hydrogen) atoms. The molecular weight excluding hydrogens is 260 g/mol. The lowest BCUT2D eigenvalue weighted by Crippen LogP contribution is -2.37. The first kappa shape index (κ1) is 14.9. The molecule has 3 nitrogen and oxygen atoms in total. The number of benzene rings is 1. The third-order valence-corrected chi connectivity index (χ3v) is 3.37. The van der Waals surface area contributed by atoms with Gasteiger partial charge in [-0.05, 0) is 19.1 Å². The summed E-state index contributed by atoms with van der Waals surface area (Å²) < 4.78 is 24.8. The van der Waals surface area contributed by atoms with Crippen LogP contribution < -0.4 is 0 Å². The highest BCUT2D eigenvalue weighted by Gasteiger charge is 2.20. The Morgan fingerprint density at radius 2 is 2.06 bits per heavy atom. The lowest BCUT2D eigenvalue weighted by molar-refractivity contribution is 0.0678. The minimum atomic E-state index is -2.57. The van der Waals surface area contributed by atoms with Crippen LogP contribution in [0.15, 0.2) is 29.2 Å². The van der Waals surface area contributed by atoms with Crippen molar-refractivity contribution < 1.29 is 18.7 Å². The largest absolute Gasteiger partial charge is 0.394 e. The summed E-state index contributed by atoms with van der Waals surface area (Å²) in [7, 11) is 1.53. The highest BCUT2D eigenvalue weighted by atomic mass is 32.2. The van der Waals surface area contributed by atoms with Crippen LogP contribution in [0.25, 0.3) is 0 Å². The first-order valence-electron chi connectivity index (χ1n) is 5.39. The summed E-state index contributed by atoms with van der Waals surface area (Å²) in [4.78, 5) is 13.7. The molecule has 1 aromatic rings. The van der Waals surface area contributed by atoms with Gasteiger partial charge in [0.2, 0.25) is 0 Å². The number of aliphatic hydroxyl groups excluding tert-OH is 1. The number of aliphatic hydroxyl groups is 1. The molecule has 0 aliphatic rings. The Labute approximate surface area is 109 Å². The summed E-state index contributed by atoms with van der Waals surface area (Å²) in [5.74, 6) is -2.94. The molecule has 1 unspecified atom stereocenters. The summed E-state index contributed by atoms with van der Waals surface area (Å²) >= 11 is 0.347. The zero-order chi connectivity index (χ0) is 13.7. The van der Waals surface area contributed by atoms with Crippen LogP contribution >= 0.6 is 11.8 Å². The van der Waals surface area contributed by atoms with Gasteiger partial charge in [-0.15, -0.1) is 0 Å². The standard InChI is InChI=1S/C12H15F2NO2S/c1-8(7-16)15(2)11(17)9-5-3-4-6-10(9)18-12(13)14/h3-6,8,12,16H,7H2,1-2H3. The van der Waals surface area contributed by atoms with Crippen molar-refractivity contribution in [2.45, 2.75) is 23.6 Å². The van der Waals surface area contributed by atoms with Crippen LogP contribution in [0, 0.1) is 0 Å². The number of nitrogens with zero attached hydrogens (tertiary/aromatic N) is 1. The van der Waals surface area contributed by atoms with Crippen LogP contribution in [0.5, 0.6) is 0 Å². The van der Waals surface area contributed by atoms with Crippen molar-refractivity contribution in [3.05, 3.63) is 29.8 Å². The fraction of sp³-hybridized carbons (Fsp3) is 0.417. The number of hydrogen-bond acceptors (Lipinski definition) is 3. The van der Waals surface area contributed by atoms with E-state index in [-0.39, 0.29) is 29.0 Å². The second-order valence-electron chi connectivity index (χ2n) is 3.82. The molecule has 0 bridgehead atoms. The fourth-order valence-electron chi connectivity index (χ4n) is 1.35. The van der Waals surface area contributed by atoms with Gasteiger partial charge >= 0.3 is 0 Å². The van der Waals surface area contributed by atoms with Crippen molar-refractivity contribution in [3.8, 4) is 0 Å². The van der Waals surface area contributed by atoms with E-state index in [0.717, 1.165) is 0 Å². The predicted octanol–water partition coefficient (Wildman–Crippen LogP) is 2.45. The van der Waals surface area contributed by atoms with Crippen LogP contribution in [-0.4, -0.2) is 41.4 Å². The first-order chi connectivity index (χ1) is 8.47. The van der Waals surface area contributed by atoms with E-state index in [9.17, 15) is 13.6 Å². The summed E-state index contributed by atoms with van der Waals surface area (Å²) in [6, 6.07) is 5.87. The topological polar surface area (TPSA) is 40.5 Å². The third kappa shape index (κ3) is 3.68. The molecule has 0 heterocycles. The number of thioether (sulfide) groups is 1. The average molecular weight is 275 g/mol. The van der Waals surface area contributed by atoms with Crippen molar-refractivity contribution in [3.63, 3.8) is 0 Å². The molecule has 100 valence electrons. The molecule has 0 aliphatic carbocycles. The molecule has 1 amide bonds. The van der Waals surface area contributed by atoms with Gasteiger partial charge in [0.1, 0.15) is 0 Å². The van der Waals surface area contributed by atoms with Crippen LogP contribution in [0.4, 0.5) is 8.78 Å². The minimum Gasteiger partial charge on any atom is -0.394 e. The molecule has 1 atom stereocenters. The Morgan fingerprint density at radius 3 is 2.61 bits per heavy atom. The van der Waals surface area contributed by atoms with E-state index in [0.29, 0.717) is 11.8 Å². The second kappa shape index (κ2) is 6.70. The maximum Gasteiger partial charge on any atom is 0.288 e. The van der Waals surface area contributed by atoms with E-state index in [2.05, 4.69) is 0 Å². The molecule has 0 aliphatic heterocycles. The van der Waals surface area contributed by atoms with E-state index >= 15 is 0 Å². The number of halogens is 2. The Morgan fingerprint density at radius 1 is 1.44 bits per heavy atom. The molecule has 0 saturated carbocycles. The van der Waals surface area contributed by atoms with E-state index in [1.54, 1.807) is 19.1 Å². The maximum atomic E-state index is 12.4. The van der Waals surface area contributed by atoms with E-state index in [1.165, 1.54) is 24.1 Å². The number of carbonyl (C=O) groups excluding carboxylic acids is 1. The average Bonchev–Trinajstić information content (AvgIpc) is 2.36. The number of amides is 1. The quantitative estimate of drug-likeness (QED) is 0.839. The Kier molecular flexibility index (Phi) is 5.55. The van der Waals surface area contributed by atoms with Gasteiger partial charge in [0.05, 0.1) is 18.2 Å². The van der Waals surface area contributed by atoms with E-state index < -0.39 is 5.76 Å². The van der Waals surface area contributed by atoms with Crippen LogP contribution in [-0.2, 0) is 0 Å². The van der Waals surface area contributed by atoms with E-state index in [4.69, 9.17) is 5.11 Å². The Bertz CT molecular complexity index is 415. The molecule has 6 heteroatoms. The summed E-state index contributed by atoms with van der Waals surface area (Å²) in [5, 5.41) is 9.00. The Balaban J connectivity index is 2.98. The SMILES string of the molecule is CC(CO)N(C)C(=O)c1ccccc1SC(F)F. The van der Waals surface area contributed by atoms with Crippen LogP contribution in [0.1, 0.15) is 17.3 Å². The molecule has 1 aromatic carbocycles. The zero-order valence-corrected chi connectivity index (χ0v) is 11.0. The maximum absolute atomic E-state index is 12.4. The van der Waals surface area contributed by atoms with Crippen molar-refractivity contribution in [1.82, 2.24) is 4.90 Å². The minimum absolute atomic E-state index is 0.174.